The van der Waals surface area contributed by atoms with Crippen LogP contribution in [0.15, 0.2) is 77.0 Å². The first kappa shape index (κ1) is 20.2. The third kappa shape index (κ3) is 3.65. The van der Waals surface area contributed by atoms with Crippen LogP contribution in [0.5, 0.6) is 0 Å². The lowest BCUT2D eigenvalue weighted by atomic mass is 10.1. The van der Waals surface area contributed by atoms with E-state index in [1.807, 2.05) is 30.3 Å². The molecule has 3 heterocycles. The zero-order chi connectivity index (χ0) is 22.9. The molecule has 0 aliphatic carbocycles. The third-order valence-corrected chi connectivity index (χ3v) is 5.36. The van der Waals surface area contributed by atoms with Gasteiger partial charge in [0.25, 0.3) is 17.2 Å². The van der Waals surface area contributed by atoms with Gasteiger partial charge in [-0.05, 0) is 11.6 Å². The summed E-state index contributed by atoms with van der Waals surface area (Å²) in [5, 5.41) is 21.4. The Kier molecular flexibility index (Phi) is 4.98. The molecule has 0 saturated carbocycles. The van der Waals surface area contributed by atoms with Crippen LogP contribution in [0.25, 0.3) is 16.7 Å². The maximum Gasteiger partial charge on any atom is 0.294 e. The van der Waals surface area contributed by atoms with E-state index in [2.05, 4.69) is 15.2 Å². The number of nitro benzene ring substituents is 1. The van der Waals surface area contributed by atoms with Crippen LogP contribution in [0, 0.1) is 10.1 Å². The van der Waals surface area contributed by atoms with Gasteiger partial charge in [0, 0.05) is 12.5 Å². The highest BCUT2D eigenvalue weighted by Crippen LogP contribution is 2.24. The summed E-state index contributed by atoms with van der Waals surface area (Å²) in [6.45, 7) is 0.201. The second-order valence-electron chi connectivity index (χ2n) is 7.40. The largest absolute Gasteiger partial charge is 0.294 e. The fraction of sp³-hybridized carbons (Fsp3) is 0.136. The molecule has 11 nitrogen and oxygen atoms in total. The zero-order valence-electron chi connectivity index (χ0n) is 17.2. The fourth-order valence-corrected chi connectivity index (χ4v) is 3.73. The summed E-state index contributed by atoms with van der Waals surface area (Å²) in [4.78, 5) is 40.8. The summed E-state index contributed by atoms with van der Waals surface area (Å²) in [5.41, 5.74) is 1.50. The maximum absolute atomic E-state index is 13.0. The number of amides is 1. The summed E-state index contributed by atoms with van der Waals surface area (Å²) >= 11 is 0. The topological polar surface area (TPSA) is 129 Å². The predicted molar refractivity (Wildman–Crippen MR) is 119 cm³/mol. The normalized spacial score (nSPS) is 13.3. The second-order valence-corrected chi connectivity index (χ2v) is 7.40. The lowest BCUT2D eigenvalue weighted by Gasteiger charge is -2.12. The molecule has 0 bridgehead atoms. The van der Waals surface area contributed by atoms with Crippen LogP contribution in [0.3, 0.4) is 0 Å². The second kappa shape index (κ2) is 8.11. The predicted octanol–water partition coefficient (Wildman–Crippen LogP) is 2.13. The molecule has 0 spiro atoms. The molecule has 0 fully saturated rings. The van der Waals surface area contributed by atoms with Crippen LogP contribution < -0.4 is 5.56 Å². The summed E-state index contributed by atoms with van der Waals surface area (Å²) in [5.74, 6) is -0.338. The minimum Gasteiger partial charge on any atom is -0.289 e. The monoisotopic (exact) mass is 443 g/mol. The van der Waals surface area contributed by atoms with Gasteiger partial charge >= 0.3 is 0 Å². The molecule has 5 rings (SSSR count). The van der Waals surface area contributed by atoms with Gasteiger partial charge in [-0.1, -0.05) is 42.5 Å². The Labute approximate surface area is 186 Å². The Bertz CT molecular complexity index is 1470. The Hall–Kier alpha value is -4.67. The van der Waals surface area contributed by atoms with Crippen LogP contribution in [-0.4, -0.2) is 47.4 Å². The molecule has 1 aliphatic rings. The van der Waals surface area contributed by atoms with E-state index in [0.717, 1.165) is 11.3 Å². The quantitative estimate of drug-likeness (QED) is 0.343. The van der Waals surface area contributed by atoms with Gasteiger partial charge in [0.2, 0.25) is 0 Å². The van der Waals surface area contributed by atoms with Crippen molar-refractivity contribution in [2.45, 2.75) is 13.0 Å². The summed E-state index contributed by atoms with van der Waals surface area (Å²) in [6.07, 6.45) is 3.17. The molecule has 164 valence electrons. The van der Waals surface area contributed by atoms with Crippen molar-refractivity contribution in [3.63, 3.8) is 0 Å². The Morgan fingerprint density at radius 3 is 2.64 bits per heavy atom. The number of rotatable bonds is 5. The zero-order valence-corrected chi connectivity index (χ0v) is 17.2. The number of nitrogens with zero attached hydrogens (tertiary/aromatic N) is 7. The Balaban J connectivity index is 1.43. The molecule has 1 amide bonds. The highest BCUT2D eigenvalue weighted by molar-refractivity contribution is 6.02. The molecule has 4 aromatic rings. The molecule has 2 aromatic carbocycles. The molecule has 0 unspecified atom stereocenters. The number of hydrogen-bond acceptors (Lipinski definition) is 7. The number of fused-ring (bicyclic) bond motifs is 1. The van der Waals surface area contributed by atoms with Crippen molar-refractivity contribution >= 4 is 28.3 Å². The molecule has 0 atom stereocenters. The minimum absolute atomic E-state index is 0.151. The van der Waals surface area contributed by atoms with Gasteiger partial charge in [0.1, 0.15) is 23.9 Å². The number of nitro groups is 1. The number of hydrogen-bond donors (Lipinski definition) is 0. The van der Waals surface area contributed by atoms with Crippen LogP contribution in [0.2, 0.25) is 0 Å². The number of hydrazone groups is 1. The first-order chi connectivity index (χ1) is 16.0. The van der Waals surface area contributed by atoms with Gasteiger partial charge in [-0.25, -0.2) is 14.7 Å². The van der Waals surface area contributed by atoms with Gasteiger partial charge in [0.05, 0.1) is 23.4 Å². The average molecular weight is 443 g/mol. The number of benzene rings is 2. The lowest BCUT2D eigenvalue weighted by Crippen LogP contribution is -2.32. The van der Waals surface area contributed by atoms with Crippen LogP contribution in [0.4, 0.5) is 5.69 Å². The number of carbonyl (C=O) groups is 1. The van der Waals surface area contributed by atoms with Crippen molar-refractivity contribution in [2.75, 3.05) is 6.54 Å². The van der Waals surface area contributed by atoms with Crippen molar-refractivity contribution < 1.29 is 9.72 Å². The molecule has 11 heteroatoms. The Morgan fingerprint density at radius 2 is 1.85 bits per heavy atom. The third-order valence-electron chi connectivity index (χ3n) is 5.36. The number of carbonyl (C=O) groups excluding carboxylic acids is 1. The average Bonchev–Trinajstić information content (AvgIpc) is 3.49. The lowest BCUT2D eigenvalue weighted by molar-refractivity contribution is -0.384. The van der Waals surface area contributed by atoms with E-state index in [-0.39, 0.29) is 34.9 Å². The van der Waals surface area contributed by atoms with Crippen molar-refractivity contribution in [3.05, 3.63) is 93.2 Å². The van der Waals surface area contributed by atoms with Gasteiger partial charge in [-0.15, -0.1) is 0 Å². The molecule has 0 radical (unpaired) electrons. The van der Waals surface area contributed by atoms with Gasteiger partial charge in [-0.3, -0.25) is 24.3 Å². The van der Waals surface area contributed by atoms with E-state index >= 15 is 0 Å². The minimum atomic E-state index is -0.525. The maximum atomic E-state index is 13.0. The molecule has 2 aromatic heterocycles. The van der Waals surface area contributed by atoms with E-state index < -0.39 is 10.5 Å². The number of aromatic nitrogens is 4. The van der Waals surface area contributed by atoms with Gasteiger partial charge in [0.15, 0.2) is 5.65 Å². The van der Waals surface area contributed by atoms with E-state index in [1.54, 1.807) is 12.1 Å². The van der Waals surface area contributed by atoms with Crippen LogP contribution in [-0.2, 0) is 11.3 Å². The molecule has 33 heavy (non-hydrogen) atoms. The van der Waals surface area contributed by atoms with E-state index in [1.165, 1.54) is 38.9 Å². The fourth-order valence-electron chi connectivity index (χ4n) is 3.73. The molecule has 0 N–H and O–H groups in total. The first-order valence-corrected chi connectivity index (χ1v) is 10.1. The van der Waals surface area contributed by atoms with E-state index in [0.29, 0.717) is 13.0 Å². The Morgan fingerprint density at radius 1 is 1.09 bits per heavy atom. The smallest absolute Gasteiger partial charge is 0.289 e. The summed E-state index contributed by atoms with van der Waals surface area (Å²) in [7, 11) is 0. The highest BCUT2D eigenvalue weighted by atomic mass is 16.6. The van der Waals surface area contributed by atoms with Crippen LogP contribution in [0.1, 0.15) is 12.0 Å². The molecular formula is C22H17N7O4. The standard InChI is InChI=1S/C22H17N7O4/c30-20(27-11-10-17(25-27)15-6-2-1-3-7-15)13-26-14-23-21-16(22(26)31)12-24-28(21)18-8-4-5-9-19(18)29(32)33/h1-9,12,14H,10-11,13H2. The van der Waals surface area contributed by atoms with Crippen molar-refractivity contribution in [1.82, 2.24) is 24.3 Å². The summed E-state index contributed by atoms with van der Waals surface area (Å²) in [6, 6.07) is 15.7. The SMILES string of the molecule is O=C(Cn1cnc2c(cnn2-c2ccccc2[N+](=O)[O-])c1=O)N1CCC(c2ccccc2)=N1. The van der Waals surface area contributed by atoms with Crippen LogP contribution >= 0.6 is 0 Å². The van der Waals surface area contributed by atoms with Gasteiger partial charge in [-0.2, -0.15) is 10.2 Å². The van der Waals surface area contributed by atoms with Crippen molar-refractivity contribution in [2.24, 2.45) is 5.10 Å². The highest BCUT2D eigenvalue weighted by Gasteiger charge is 2.23. The van der Waals surface area contributed by atoms with E-state index in [9.17, 15) is 19.7 Å². The van der Waals surface area contributed by atoms with Crippen molar-refractivity contribution in [3.8, 4) is 5.69 Å². The molecule has 1 aliphatic heterocycles. The number of para-hydroxylation sites is 2. The van der Waals surface area contributed by atoms with Crippen molar-refractivity contribution in [1.29, 1.82) is 0 Å². The van der Waals surface area contributed by atoms with Gasteiger partial charge < -0.3 is 0 Å². The van der Waals surface area contributed by atoms with E-state index in [4.69, 9.17) is 0 Å². The summed E-state index contributed by atoms with van der Waals surface area (Å²) < 4.78 is 2.43. The first-order valence-electron chi connectivity index (χ1n) is 10.1. The molecular weight excluding hydrogens is 426 g/mol. The molecule has 0 saturated heterocycles.